The van der Waals surface area contributed by atoms with Crippen LogP contribution in [0.1, 0.15) is 20.8 Å². The van der Waals surface area contributed by atoms with Crippen LogP contribution in [-0.2, 0) is 0 Å². The Hall–Kier alpha value is -1.52. The lowest BCUT2D eigenvalue weighted by Crippen LogP contribution is -2.29. The zero-order valence-corrected chi connectivity index (χ0v) is 10.4. The molecular weight excluding hydrogens is 204 g/mol. The van der Waals surface area contributed by atoms with Crippen LogP contribution in [0, 0.1) is 5.92 Å². The van der Waals surface area contributed by atoms with Crippen molar-refractivity contribution >= 4 is 11.5 Å². The molecular formula is C11H20N4O. The van der Waals surface area contributed by atoms with Gasteiger partial charge in [-0.05, 0) is 12.8 Å². The molecule has 0 saturated carbocycles. The van der Waals surface area contributed by atoms with E-state index in [1.54, 1.807) is 7.11 Å². The average Bonchev–Trinajstić information content (AvgIpc) is 2.26. The maximum absolute atomic E-state index is 5.95. The molecule has 5 heteroatoms. The quantitative estimate of drug-likeness (QED) is 0.822. The third-order valence-corrected chi connectivity index (χ3v) is 2.29. The van der Waals surface area contributed by atoms with Crippen molar-refractivity contribution in [3.8, 4) is 5.88 Å². The van der Waals surface area contributed by atoms with Gasteiger partial charge >= 0.3 is 0 Å². The summed E-state index contributed by atoms with van der Waals surface area (Å²) in [5.41, 5.74) is 6.46. The van der Waals surface area contributed by atoms with Crippen molar-refractivity contribution < 1.29 is 4.74 Å². The van der Waals surface area contributed by atoms with Gasteiger partial charge < -0.3 is 15.4 Å². The number of rotatable bonds is 5. The van der Waals surface area contributed by atoms with Gasteiger partial charge in [0.1, 0.15) is 12.0 Å². The molecule has 0 aromatic carbocycles. The summed E-state index contributed by atoms with van der Waals surface area (Å²) in [4.78, 5) is 10.3. The first-order chi connectivity index (χ1) is 7.60. The Kier molecular flexibility index (Phi) is 4.34. The molecule has 16 heavy (non-hydrogen) atoms. The summed E-state index contributed by atoms with van der Waals surface area (Å²) in [6.45, 7) is 8.19. The number of hydrogen-bond donors (Lipinski definition) is 1. The third kappa shape index (κ3) is 2.74. The maximum Gasteiger partial charge on any atom is 0.242 e. The fourth-order valence-corrected chi connectivity index (χ4v) is 1.59. The smallest absolute Gasteiger partial charge is 0.242 e. The summed E-state index contributed by atoms with van der Waals surface area (Å²) in [5.74, 6) is 1.75. The zero-order valence-electron chi connectivity index (χ0n) is 10.4. The molecule has 5 nitrogen and oxygen atoms in total. The van der Waals surface area contributed by atoms with Crippen molar-refractivity contribution in [2.24, 2.45) is 5.92 Å². The van der Waals surface area contributed by atoms with Crippen molar-refractivity contribution in [1.82, 2.24) is 9.97 Å². The number of nitrogens with two attached hydrogens (primary N) is 1. The minimum Gasteiger partial charge on any atom is -0.479 e. The molecule has 0 fully saturated rings. The fraction of sp³-hybridized carbons (Fsp3) is 0.636. The summed E-state index contributed by atoms with van der Waals surface area (Å²) in [7, 11) is 1.56. The van der Waals surface area contributed by atoms with Crippen molar-refractivity contribution in [3.63, 3.8) is 0 Å². The van der Waals surface area contributed by atoms with Gasteiger partial charge in [0, 0.05) is 13.1 Å². The molecule has 0 spiro atoms. The topological polar surface area (TPSA) is 64.3 Å². The van der Waals surface area contributed by atoms with Crippen LogP contribution in [0.2, 0.25) is 0 Å². The molecule has 1 rings (SSSR count). The first kappa shape index (κ1) is 12.5. The van der Waals surface area contributed by atoms with Gasteiger partial charge in [0.25, 0.3) is 0 Å². The SMILES string of the molecule is CCN(CC(C)C)c1ncnc(OC)c1N. The second-order valence-corrected chi connectivity index (χ2v) is 4.05. The standard InChI is InChI=1S/C11H20N4O/c1-5-15(6-8(2)3)10-9(12)11(16-4)14-7-13-10/h7-8H,5-6,12H2,1-4H3. The Balaban J connectivity index is 3.00. The molecule has 0 aliphatic carbocycles. The molecule has 90 valence electrons. The Morgan fingerprint density at radius 3 is 2.62 bits per heavy atom. The minimum atomic E-state index is 0.437. The van der Waals surface area contributed by atoms with E-state index in [4.69, 9.17) is 10.5 Å². The number of nitrogens with zero attached hydrogens (tertiary/aromatic N) is 3. The lowest BCUT2D eigenvalue weighted by atomic mass is 10.2. The molecule has 2 N–H and O–H groups in total. The first-order valence-corrected chi connectivity index (χ1v) is 5.49. The number of nitrogen functional groups attached to an aromatic ring is 1. The van der Waals surface area contributed by atoms with E-state index in [1.807, 2.05) is 0 Å². The fourth-order valence-electron chi connectivity index (χ4n) is 1.59. The van der Waals surface area contributed by atoms with E-state index in [1.165, 1.54) is 6.33 Å². The molecule has 0 aliphatic heterocycles. The van der Waals surface area contributed by atoms with Crippen LogP contribution in [0.25, 0.3) is 0 Å². The average molecular weight is 224 g/mol. The van der Waals surface area contributed by atoms with Gasteiger partial charge in [-0.2, -0.15) is 4.98 Å². The van der Waals surface area contributed by atoms with Gasteiger partial charge in [-0.3, -0.25) is 0 Å². The number of aromatic nitrogens is 2. The van der Waals surface area contributed by atoms with Crippen molar-refractivity contribution in [3.05, 3.63) is 6.33 Å². The van der Waals surface area contributed by atoms with Crippen LogP contribution < -0.4 is 15.4 Å². The normalized spacial score (nSPS) is 10.6. The molecule has 0 amide bonds. The second-order valence-electron chi connectivity index (χ2n) is 4.05. The predicted octanol–water partition coefficient (Wildman–Crippen LogP) is 1.55. The molecule has 0 bridgehead atoms. The van der Waals surface area contributed by atoms with E-state index in [-0.39, 0.29) is 0 Å². The third-order valence-electron chi connectivity index (χ3n) is 2.29. The van der Waals surface area contributed by atoms with Crippen LogP contribution in [0.4, 0.5) is 11.5 Å². The molecule has 0 aliphatic rings. The molecule has 1 heterocycles. The van der Waals surface area contributed by atoms with Gasteiger partial charge in [0.05, 0.1) is 7.11 Å². The molecule has 0 saturated heterocycles. The van der Waals surface area contributed by atoms with Crippen LogP contribution in [0.15, 0.2) is 6.33 Å². The van der Waals surface area contributed by atoms with Gasteiger partial charge in [0.2, 0.25) is 5.88 Å². The highest BCUT2D eigenvalue weighted by Crippen LogP contribution is 2.27. The van der Waals surface area contributed by atoms with Crippen LogP contribution in [-0.4, -0.2) is 30.2 Å². The lowest BCUT2D eigenvalue weighted by molar-refractivity contribution is 0.399. The second kappa shape index (κ2) is 5.53. The number of anilines is 2. The van der Waals surface area contributed by atoms with E-state index in [0.717, 1.165) is 18.9 Å². The molecule has 0 unspecified atom stereocenters. The summed E-state index contributed by atoms with van der Waals surface area (Å²) >= 11 is 0. The minimum absolute atomic E-state index is 0.437. The van der Waals surface area contributed by atoms with E-state index in [9.17, 15) is 0 Å². The van der Waals surface area contributed by atoms with Gasteiger partial charge in [-0.1, -0.05) is 13.8 Å². The predicted molar refractivity (Wildman–Crippen MR) is 65.7 cm³/mol. The van der Waals surface area contributed by atoms with Crippen molar-refractivity contribution in [2.45, 2.75) is 20.8 Å². The highest BCUT2D eigenvalue weighted by molar-refractivity contribution is 5.67. The lowest BCUT2D eigenvalue weighted by Gasteiger charge is -2.25. The Bertz CT molecular complexity index is 341. The van der Waals surface area contributed by atoms with Gasteiger partial charge in [-0.15, -0.1) is 0 Å². The van der Waals surface area contributed by atoms with Crippen molar-refractivity contribution in [2.75, 3.05) is 30.8 Å². The van der Waals surface area contributed by atoms with Crippen LogP contribution in [0.3, 0.4) is 0 Å². The molecule has 0 radical (unpaired) electrons. The first-order valence-electron chi connectivity index (χ1n) is 5.49. The summed E-state index contributed by atoms with van der Waals surface area (Å²) in [5, 5.41) is 0. The molecule has 0 atom stereocenters. The van der Waals surface area contributed by atoms with Crippen LogP contribution in [0.5, 0.6) is 5.88 Å². The van der Waals surface area contributed by atoms with E-state index in [2.05, 4.69) is 35.6 Å². The Morgan fingerprint density at radius 2 is 2.12 bits per heavy atom. The highest BCUT2D eigenvalue weighted by Gasteiger charge is 2.14. The number of hydrogen-bond acceptors (Lipinski definition) is 5. The van der Waals surface area contributed by atoms with E-state index < -0.39 is 0 Å². The van der Waals surface area contributed by atoms with Gasteiger partial charge in [-0.25, -0.2) is 4.98 Å². The largest absolute Gasteiger partial charge is 0.479 e. The highest BCUT2D eigenvalue weighted by atomic mass is 16.5. The Labute approximate surface area is 96.6 Å². The molecule has 1 aromatic rings. The summed E-state index contributed by atoms with van der Waals surface area (Å²) in [6.07, 6.45) is 1.48. The van der Waals surface area contributed by atoms with Gasteiger partial charge in [0.15, 0.2) is 5.82 Å². The summed E-state index contributed by atoms with van der Waals surface area (Å²) in [6, 6.07) is 0. The van der Waals surface area contributed by atoms with E-state index >= 15 is 0 Å². The van der Waals surface area contributed by atoms with E-state index in [0.29, 0.717) is 17.5 Å². The van der Waals surface area contributed by atoms with Crippen LogP contribution >= 0.6 is 0 Å². The molecule has 1 aromatic heterocycles. The zero-order chi connectivity index (χ0) is 12.1. The monoisotopic (exact) mass is 224 g/mol. The Morgan fingerprint density at radius 1 is 1.44 bits per heavy atom. The number of ether oxygens (including phenoxy) is 1. The van der Waals surface area contributed by atoms with Crippen molar-refractivity contribution in [1.29, 1.82) is 0 Å². The number of methoxy groups -OCH3 is 1. The summed E-state index contributed by atoms with van der Waals surface area (Å²) < 4.78 is 5.08. The maximum atomic E-state index is 5.95.